The molecule has 0 radical (unpaired) electrons. The number of sulfonamides is 1. The average Bonchev–Trinajstić information content (AvgIpc) is 3.31. The zero-order valence-electron chi connectivity index (χ0n) is 26.0. The van der Waals surface area contributed by atoms with Crippen molar-refractivity contribution in [1.29, 1.82) is 0 Å². The molecule has 1 fully saturated rings. The Kier molecular flexibility index (Phi) is 8.73. The molecule has 3 aromatic carbocycles. The summed E-state index contributed by atoms with van der Waals surface area (Å²) >= 11 is 6.41. The van der Waals surface area contributed by atoms with Crippen LogP contribution in [0.2, 0.25) is 5.02 Å². The zero-order valence-corrected chi connectivity index (χ0v) is 27.5. The van der Waals surface area contributed by atoms with E-state index >= 15 is 0 Å². The maximum Gasteiger partial charge on any atom is 0.296 e. The van der Waals surface area contributed by atoms with Crippen LogP contribution >= 0.6 is 11.6 Å². The molecule has 47 heavy (non-hydrogen) atoms. The molecule has 0 saturated carbocycles. The largest absolute Gasteiger partial charge is 0.339 e. The van der Waals surface area contributed by atoms with Crippen LogP contribution in [0.3, 0.4) is 0 Å². The number of amides is 1. The molecule has 5 aromatic rings. The van der Waals surface area contributed by atoms with Crippen molar-refractivity contribution in [3.05, 3.63) is 123 Å². The molecule has 0 atom stereocenters. The van der Waals surface area contributed by atoms with Gasteiger partial charge >= 0.3 is 0 Å². The summed E-state index contributed by atoms with van der Waals surface area (Å²) in [6, 6.07) is 21.0. The van der Waals surface area contributed by atoms with Crippen molar-refractivity contribution in [1.82, 2.24) is 24.2 Å². The van der Waals surface area contributed by atoms with Crippen molar-refractivity contribution in [2.24, 2.45) is 7.05 Å². The second-order valence-corrected chi connectivity index (χ2v) is 13.7. The predicted octanol–water partition coefficient (Wildman–Crippen LogP) is 5.58. The number of anilines is 1. The van der Waals surface area contributed by atoms with Crippen molar-refractivity contribution in [2.45, 2.75) is 30.6 Å². The van der Waals surface area contributed by atoms with Crippen LogP contribution in [0.25, 0.3) is 16.9 Å². The highest BCUT2D eigenvalue weighted by molar-refractivity contribution is 7.93. The van der Waals surface area contributed by atoms with E-state index in [0.29, 0.717) is 48.8 Å². The van der Waals surface area contributed by atoms with Crippen molar-refractivity contribution in [3.8, 4) is 16.9 Å². The summed E-state index contributed by atoms with van der Waals surface area (Å²) < 4.78 is 45.2. The third-order valence-electron chi connectivity index (χ3n) is 8.62. The third-order valence-corrected chi connectivity index (χ3v) is 10.9. The minimum Gasteiger partial charge on any atom is -0.339 e. The number of aromatic nitrogens is 4. The molecule has 242 valence electrons. The van der Waals surface area contributed by atoms with Gasteiger partial charge in [-0.25, -0.2) is 27.5 Å². The van der Waals surface area contributed by atoms with Crippen LogP contribution in [0.1, 0.15) is 40.6 Å². The molecule has 13 heteroatoms. The predicted molar refractivity (Wildman–Crippen MR) is 178 cm³/mol. The molecule has 1 saturated heterocycles. The van der Waals surface area contributed by atoms with Crippen molar-refractivity contribution < 1.29 is 17.6 Å². The highest BCUT2D eigenvalue weighted by Gasteiger charge is 2.32. The lowest BCUT2D eigenvalue weighted by molar-refractivity contribution is 0.0711. The van der Waals surface area contributed by atoms with Crippen LogP contribution in [-0.2, 0) is 17.1 Å². The van der Waals surface area contributed by atoms with E-state index in [1.807, 2.05) is 6.07 Å². The van der Waals surface area contributed by atoms with Crippen LogP contribution in [0.4, 0.5) is 10.1 Å². The van der Waals surface area contributed by atoms with E-state index in [9.17, 15) is 22.4 Å². The Balaban J connectivity index is 1.21. The van der Waals surface area contributed by atoms with Gasteiger partial charge < -0.3 is 4.90 Å². The molecule has 3 heterocycles. The topological polar surface area (TPSA) is 110 Å². The number of likely N-dealkylation sites (tertiary alicyclic amines) is 1. The number of halogens is 2. The van der Waals surface area contributed by atoms with E-state index in [1.165, 1.54) is 42.1 Å². The minimum absolute atomic E-state index is 0.0169. The lowest BCUT2D eigenvalue weighted by Crippen LogP contribution is -2.38. The van der Waals surface area contributed by atoms with Crippen LogP contribution < -0.4 is 9.86 Å². The van der Waals surface area contributed by atoms with Gasteiger partial charge in [-0.1, -0.05) is 29.8 Å². The number of piperidine rings is 1. The van der Waals surface area contributed by atoms with Gasteiger partial charge in [0, 0.05) is 50.4 Å². The molecule has 0 bridgehead atoms. The number of benzene rings is 3. The standard InChI is InChI=1S/C34H32ClFN6O4S/c1-22-31(34(44)42(39(22)2)27-7-5-4-6-8-27)40(3)47(45,46)30-21-25(11-14-28(30)35)33(43)41-19-16-24(17-20-41)32-37-18-15-29(38-32)23-9-12-26(36)13-10-23/h4-15,18,21,24H,16-17,19-20H2,1-3H3. The van der Waals surface area contributed by atoms with E-state index < -0.39 is 15.6 Å². The summed E-state index contributed by atoms with van der Waals surface area (Å²) in [5.74, 6) is 0.0205. The van der Waals surface area contributed by atoms with E-state index in [0.717, 1.165) is 9.87 Å². The molecule has 0 aliphatic carbocycles. The van der Waals surface area contributed by atoms with Gasteiger partial charge in [0.15, 0.2) is 0 Å². The first-order valence-electron chi connectivity index (χ1n) is 15.0. The first-order chi connectivity index (χ1) is 22.5. The minimum atomic E-state index is -4.35. The van der Waals surface area contributed by atoms with Gasteiger partial charge in [-0.2, -0.15) is 0 Å². The molecule has 2 aromatic heterocycles. The zero-order chi connectivity index (χ0) is 33.5. The Morgan fingerprint density at radius 3 is 2.36 bits per heavy atom. The van der Waals surface area contributed by atoms with Gasteiger partial charge in [0.2, 0.25) is 0 Å². The highest BCUT2D eigenvalue weighted by atomic mass is 35.5. The molecular weight excluding hydrogens is 643 g/mol. The normalized spacial score (nSPS) is 13.9. The average molecular weight is 675 g/mol. The Bertz CT molecular complexity index is 2130. The SMILES string of the molecule is Cc1c(N(C)S(=O)(=O)c2cc(C(=O)N3CCC(c4nccc(-c5ccc(F)cc5)n4)CC3)ccc2Cl)c(=O)n(-c2ccccc2)n1C. The van der Waals surface area contributed by atoms with Crippen LogP contribution in [0, 0.1) is 12.7 Å². The van der Waals surface area contributed by atoms with Crippen LogP contribution in [-0.4, -0.2) is 58.7 Å². The fraction of sp³-hybridized carbons (Fsp3) is 0.235. The summed E-state index contributed by atoms with van der Waals surface area (Å²) in [6.07, 6.45) is 2.90. The monoisotopic (exact) mass is 674 g/mol. The lowest BCUT2D eigenvalue weighted by atomic mass is 9.95. The summed E-state index contributed by atoms with van der Waals surface area (Å²) in [5.41, 5.74) is 2.12. The maximum atomic E-state index is 13.9. The van der Waals surface area contributed by atoms with Crippen LogP contribution in [0.5, 0.6) is 0 Å². The van der Waals surface area contributed by atoms with E-state index in [-0.39, 0.29) is 38.8 Å². The molecule has 1 aliphatic heterocycles. The Morgan fingerprint density at radius 1 is 1.00 bits per heavy atom. The first-order valence-corrected chi connectivity index (χ1v) is 16.8. The Morgan fingerprint density at radius 2 is 1.68 bits per heavy atom. The van der Waals surface area contributed by atoms with E-state index in [1.54, 1.807) is 72.2 Å². The number of hydrogen-bond donors (Lipinski definition) is 0. The van der Waals surface area contributed by atoms with E-state index in [2.05, 4.69) is 4.98 Å². The molecular formula is C34H32ClFN6O4S. The molecule has 0 N–H and O–H groups in total. The number of rotatable bonds is 7. The second-order valence-electron chi connectivity index (χ2n) is 11.4. The summed E-state index contributed by atoms with van der Waals surface area (Å²) in [4.78, 5) is 37.7. The van der Waals surface area contributed by atoms with Gasteiger partial charge in [-0.3, -0.25) is 18.6 Å². The van der Waals surface area contributed by atoms with Gasteiger partial charge in [-0.05, 0) is 80.4 Å². The lowest BCUT2D eigenvalue weighted by Gasteiger charge is -2.31. The maximum absolute atomic E-state index is 13.9. The second kappa shape index (κ2) is 12.8. The molecule has 1 aliphatic rings. The quantitative estimate of drug-likeness (QED) is 0.223. The highest BCUT2D eigenvalue weighted by Crippen LogP contribution is 2.31. The fourth-order valence-electron chi connectivity index (χ4n) is 5.89. The van der Waals surface area contributed by atoms with Crippen molar-refractivity contribution in [2.75, 3.05) is 24.4 Å². The summed E-state index contributed by atoms with van der Waals surface area (Å²) in [6.45, 7) is 2.50. The number of carbonyl (C=O) groups excluding carboxylic acids is 1. The number of hydrogen-bond acceptors (Lipinski definition) is 6. The smallest absolute Gasteiger partial charge is 0.296 e. The van der Waals surface area contributed by atoms with Crippen LogP contribution in [0.15, 0.2) is 94.7 Å². The Hall–Kier alpha value is -4.81. The molecule has 1 amide bonds. The van der Waals surface area contributed by atoms with Gasteiger partial charge in [0.05, 0.1) is 22.1 Å². The fourth-order valence-corrected chi connectivity index (χ4v) is 7.64. The number of para-hydroxylation sites is 1. The third kappa shape index (κ3) is 6.06. The van der Waals surface area contributed by atoms with Gasteiger partial charge in [0.25, 0.3) is 21.5 Å². The molecule has 0 spiro atoms. The summed E-state index contributed by atoms with van der Waals surface area (Å²) in [5, 5.41) is -0.0673. The molecule has 0 unspecified atom stereocenters. The van der Waals surface area contributed by atoms with Gasteiger partial charge in [-0.15, -0.1) is 0 Å². The number of nitrogens with zero attached hydrogens (tertiary/aromatic N) is 6. The van der Waals surface area contributed by atoms with Crippen molar-refractivity contribution in [3.63, 3.8) is 0 Å². The number of carbonyl (C=O) groups is 1. The Labute approximate surface area is 276 Å². The molecule has 6 rings (SSSR count). The van der Waals surface area contributed by atoms with E-state index in [4.69, 9.17) is 16.6 Å². The molecule has 10 nitrogen and oxygen atoms in total. The van der Waals surface area contributed by atoms with Crippen molar-refractivity contribution >= 4 is 33.2 Å². The summed E-state index contributed by atoms with van der Waals surface area (Å²) in [7, 11) is -1.37. The first kappa shape index (κ1) is 32.1. The van der Waals surface area contributed by atoms with Gasteiger partial charge in [0.1, 0.15) is 22.2 Å².